The molecule has 2 rings (SSSR count). The Morgan fingerprint density at radius 3 is 2.43 bits per heavy atom. The molecule has 0 saturated heterocycles. The number of nitrogens with zero attached hydrogens (tertiary/aromatic N) is 1. The highest BCUT2D eigenvalue weighted by molar-refractivity contribution is 5.49. The second kappa shape index (κ2) is 7.16. The lowest BCUT2D eigenvalue weighted by Gasteiger charge is -2.21. The molecule has 0 radical (unpaired) electrons. The number of H-pyrrole nitrogens is 1. The van der Waals surface area contributed by atoms with Crippen LogP contribution < -0.4 is 11.0 Å². The third-order valence-corrected chi connectivity index (χ3v) is 4.04. The maximum absolute atomic E-state index is 11.6. The lowest BCUT2D eigenvalue weighted by Crippen LogP contribution is -2.21. The number of imidazole rings is 1. The number of aromatic amines is 1. The molecule has 2 atom stereocenters. The zero-order chi connectivity index (χ0) is 15.2. The zero-order valence-electron chi connectivity index (χ0n) is 13.1. The van der Waals surface area contributed by atoms with Crippen LogP contribution in [0.3, 0.4) is 0 Å². The van der Waals surface area contributed by atoms with Crippen molar-refractivity contribution in [3.8, 4) is 5.69 Å². The highest BCUT2D eigenvalue weighted by Crippen LogP contribution is 2.18. The molecular formula is C17H25N3O. The number of nitrogens with one attached hydrogen (secondary N) is 2. The molecule has 0 aliphatic heterocycles. The first kappa shape index (κ1) is 15.4. The number of anilines is 1. The zero-order valence-corrected chi connectivity index (χ0v) is 13.1. The van der Waals surface area contributed by atoms with Crippen LogP contribution in [0.15, 0.2) is 41.5 Å². The molecule has 4 nitrogen and oxygen atoms in total. The van der Waals surface area contributed by atoms with Crippen molar-refractivity contribution >= 4 is 5.69 Å². The van der Waals surface area contributed by atoms with Gasteiger partial charge in [-0.3, -0.25) is 4.57 Å². The maximum atomic E-state index is 11.6. The van der Waals surface area contributed by atoms with Crippen molar-refractivity contribution in [2.24, 2.45) is 5.92 Å². The fourth-order valence-corrected chi connectivity index (χ4v) is 2.46. The monoisotopic (exact) mass is 287 g/mol. The summed E-state index contributed by atoms with van der Waals surface area (Å²) in [5, 5.41) is 3.59. The van der Waals surface area contributed by atoms with E-state index in [4.69, 9.17) is 0 Å². The van der Waals surface area contributed by atoms with Crippen LogP contribution in [0, 0.1) is 5.92 Å². The smallest absolute Gasteiger partial charge is 0.330 e. The van der Waals surface area contributed by atoms with Crippen LogP contribution in [0.5, 0.6) is 0 Å². The quantitative estimate of drug-likeness (QED) is 0.814. The van der Waals surface area contributed by atoms with E-state index in [-0.39, 0.29) is 5.69 Å². The summed E-state index contributed by atoms with van der Waals surface area (Å²) in [4.78, 5) is 14.2. The second-order valence-corrected chi connectivity index (χ2v) is 5.68. The summed E-state index contributed by atoms with van der Waals surface area (Å²) in [6.45, 7) is 6.75. The van der Waals surface area contributed by atoms with Crippen LogP contribution in [0.2, 0.25) is 0 Å². The molecule has 2 aromatic rings. The van der Waals surface area contributed by atoms with Gasteiger partial charge in [0.1, 0.15) is 0 Å². The van der Waals surface area contributed by atoms with Crippen molar-refractivity contribution in [2.75, 3.05) is 5.32 Å². The highest BCUT2D eigenvalue weighted by atomic mass is 16.1. The number of rotatable bonds is 7. The van der Waals surface area contributed by atoms with Crippen LogP contribution in [-0.4, -0.2) is 15.6 Å². The molecule has 0 aliphatic carbocycles. The van der Waals surface area contributed by atoms with Gasteiger partial charge in [-0.05, 0) is 43.0 Å². The van der Waals surface area contributed by atoms with Gasteiger partial charge in [0.05, 0.1) is 5.69 Å². The van der Waals surface area contributed by atoms with Gasteiger partial charge in [-0.25, -0.2) is 4.79 Å². The molecule has 0 saturated carbocycles. The van der Waals surface area contributed by atoms with Gasteiger partial charge in [0.25, 0.3) is 0 Å². The Hall–Kier alpha value is -1.97. The van der Waals surface area contributed by atoms with E-state index in [1.165, 1.54) is 12.8 Å². The Morgan fingerprint density at radius 1 is 1.19 bits per heavy atom. The first-order chi connectivity index (χ1) is 10.1. The molecule has 2 unspecified atom stereocenters. The fraction of sp³-hybridized carbons (Fsp3) is 0.471. The van der Waals surface area contributed by atoms with Crippen LogP contribution in [-0.2, 0) is 0 Å². The van der Waals surface area contributed by atoms with E-state index in [2.05, 4.69) is 31.1 Å². The number of aromatic nitrogens is 2. The van der Waals surface area contributed by atoms with E-state index in [9.17, 15) is 4.79 Å². The van der Waals surface area contributed by atoms with Crippen LogP contribution in [0.25, 0.3) is 5.69 Å². The topological polar surface area (TPSA) is 49.8 Å². The van der Waals surface area contributed by atoms with Gasteiger partial charge >= 0.3 is 5.69 Å². The minimum Gasteiger partial charge on any atom is -0.382 e. The summed E-state index contributed by atoms with van der Waals surface area (Å²) >= 11 is 0. The minimum absolute atomic E-state index is 0.112. The number of hydrogen-bond acceptors (Lipinski definition) is 2. The normalized spacial score (nSPS) is 13.9. The molecule has 0 spiro atoms. The predicted molar refractivity (Wildman–Crippen MR) is 88.2 cm³/mol. The molecule has 0 fully saturated rings. The molecule has 2 N–H and O–H groups in total. The Balaban J connectivity index is 2.05. The standard InChI is InChI=1S/C17H25N3O/c1-4-13(3)12-14(5-2)19-15-6-8-16(9-7-15)20-11-10-18-17(20)21/h6-11,13-14,19H,4-5,12H2,1-3H3,(H,18,21). The van der Waals surface area contributed by atoms with Crippen molar-refractivity contribution in [1.29, 1.82) is 0 Å². The van der Waals surface area contributed by atoms with Crippen molar-refractivity contribution in [2.45, 2.75) is 46.1 Å². The van der Waals surface area contributed by atoms with Crippen molar-refractivity contribution < 1.29 is 0 Å². The summed E-state index contributed by atoms with van der Waals surface area (Å²) in [5.74, 6) is 0.736. The fourth-order valence-electron chi connectivity index (χ4n) is 2.46. The van der Waals surface area contributed by atoms with Gasteiger partial charge in [-0.15, -0.1) is 0 Å². The molecule has 1 aromatic heterocycles. The molecule has 21 heavy (non-hydrogen) atoms. The third kappa shape index (κ3) is 4.00. The van der Waals surface area contributed by atoms with Gasteiger partial charge in [0.15, 0.2) is 0 Å². The predicted octanol–water partition coefficient (Wildman–Crippen LogP) is 3.79. The largest absolute Gasteiger partial charge is 0.382 e. The molecule has 0 aliphatic rings. The highest BCUT2D eigenvalue weighted by Gasteiger charge is 2.10. The number of hydrogen-bond donors (Lipinski definition) is 2. The van der Waals surface area contributed by atoms with Gasteiger partial charge in [-0.1, -0.05) is 27.2 Å². The summed E-state index contributed by atoms with van der Waals surface area (Å²) in [6, 6.07) is 8.50. The summed E-state index contributed by atoms with van der Waals surface area (Å²) < 4.78 is 1.60. The van der Waals surface area contributed by atoms with E-state index in [1.54, 1.807) is 17.0 Å². The lowest BCUT2D eigenvalue weighted by molar-refractivity contribution is 0.462. The SMILES string of the molecule is CCC(C)CC(CC)Nc1ccc(-n2cc[nH]c2=O)cc1. The van der Waals surface area contributed by atoms with Gasteiger partial charge in [0, 0.05) is 24.1 Å². The maximum Gasteiger partial charge on any atom is 0.330 e. The van der Waals surface area contributed by atoms with E-state index < -0.39 is 0 Å². The molecule has 0 bridgehead atoms. The van der Waals surface area contributed by atoms with Gasteiger partial charge in [0.2, 0.25) is 0 Å². The molecule has 1 heterocycles. The Labute approximate surface area is 126 Å². The average molecular weight is 287 g/mol. The van der Waals surface area contributed by atoms with Gasteiger partial charge < -0.3 is 10.3 Å². The Bertz CT molecular complexity index is 597. The van der Waals surface area contributed by atoms with E-state index in [0.29, 0.717) is 6.04 Å². The van der Waals surface area contributed by atoms with Crippen LogP contribution in [0.1, 0.15) is 40.0 Å². The second-order valence-electron chi connectivity index (χ2n) is 5.68. The van der Waals surface area contributed by atoms with E-state index in [0.717, 1.165) is 23.7 Å². The Morgan fingerprint density at radius 2 is 1.90 bits per heavy atom. The first-order valence-corrected chi connectivity index (χ1v) is 7.77. The molecular weight excluding hydrogens is 262 g/mol. The Kier molecular flexibility index (Phi) is 5.26. The average Bonchev–Trinajstić information content (AvgIpc) is 2.93. The molecule has 4 heteroatoms. The van der Waals surface area contributed by atoms with Gasteiger partial charge in [-0.2, -0.15) is 0 Å². The minimum atomic E-state index is -0.112. The van der Waals surface area contributed by atoms with E-state index in [1.807, 2.05) is 24.3 Å². The number of benzene rings is 1. The molecule has 1 aromatic carbocycles. The van der Waals surface area contributed by atoms with Crippen LogP contribution >= 0.6 is 0 Å². The van der Waals surface area contributed by atoms with Crippen molar-refractivity contribution in [1.82, 2.24) is 9.55 Å². The summed E-state index contributed by atoms with van der Waals surface area (Å²) in [6.07, 6.45) is 6.90. The first-order valence-electron chi connectivity index (χ1n) is 7.77. The molecule has 0 amide bonds. The van der Waals surface area contributed by atoms with Crippen LogP contribution in [0.4, 0.5) is 5.69 Å². The van der Waals surface area contributed by atoms with Crippen molar-refractivity contribution in [3.63, 3.8) is 0 Å². The summed E-state index contributed by atoms with van der Waals surface area (Å²) in [5.41, 5.74) is 1.87. The summed E-state index contributed by atoms with van der Waals surface area (Å²) in [7, 11) is 0. The van der Waals surface area contributed by atoms with Crippen molar-refractivity contribution in [3.05, 3.63) is 47.1 Å². The third-order valence-electron chi connectivity index (χ3n) is 4.04. The van der Waals surface area contributed by atoms with E-state index >= 15 is 0 Å². The molecule has 114 valence electrons. The lowest BCUT2D eigenvalue weighted by atomic mass is 9.97.